The SMILES string of the molecule is COC(Cc1ccccc1F)C(=O)N(O)C1CCN(CCc2ccccc2)CC1. The van der Waals surface area contributed by atoms with E-state index in [0.29, 0.717) is 18.4 Å². The molecular formula is C23H29FN2O3. The molecule has 0 bridgehead atoms. The molecule has 1 unspecified atom stereocenters. The van der Waals surface area contributed by atoms with Gasteiger partial charge in [-0.2, -0.15) is 0 Å². The highest BCUT2D eigenvalue weighted by atomic mass is 19.1. The van der Waals surface area contributed by atoms with Gasteiger partial charge in [-0.3, -0.25) is 10.0 Å². The first kappa shape index (κ1) is 21.4. The van der Waals surface area contributed by atoms with Crippen molar-refractivity contribution in [2.45, 2.75) is 37.8 Å². The number of hydrogen-bond donors (Lipinski definition) is 1. The first-order valence-electron chi connectivity index (χ1n) is 10.1. The van der Waals surface area contributed by atoms with E-state index in [2.05, 4.69) is 17.0 Å². The van der Waals surface area contributed by atoms with E-state index < -0.39 is 12.0 Å². The zero-order valence-electron chi connectivity index (χ0n) is 16.8. The predicted octanol–water partition coefficient (Wildman–Crippen LogP) is 3.31. The van der Waals surface area contributed by atoms with E-state index in [1.165, 1.54) is 18.7 Å². The van der Waals surface area contributed by atoms with Crippen LogP contribution in [0.1, 0.15) is 24.0 Å². The fraction of sp³-hybridized carbons (Fsp3) is 0.435. The Morgan fingerprint density at radius 3 is 2.48 bits per heavy atom. The molecule has 1 saturated heterocycles. The Hall–Kier alpha value is -2.28. The molecule has 1 fully saturated rings. The largest absolute Gasteiger partial charge is 0.371 e. The zero-order chi connectivity index (χ0) is 20.6. The number of benzene rings is 2. The van der Waals surface area contributed by atoms with Gasteiger partial charge in [-0.25, -0.2) is 9.45 Å². The lowest BCUT2D eigenvalue weighted by atomic mass is 10.0. The maximum absolute atomic E-state index is 13.9. The van der Waals surface area contributed by atoms with Gasteiger partial charge in [0.1, 0.15) is 11.9 Å². The number of carbonyl (C=O) groups is 1. The summed E-state index contributed by atoms with van der Waals surface area (Å²) < 4.78 is 19.2. The lowest BCUT2D eigenvalue weighted by Gasteiger charge is -2.36. The minimum atomic E-state index is -0.909. The van der Waals surface area contributed by atoms with Crippen molar-refractivity contribution >= 4 is 5.91 Å². The van der Waals surface area contributed by atoms with E-state index in [4.69, 9.17) is 4.74 Å². The molecular weight excluding hydrogens is 371 g/mol. The third-order valence-electron chi connectivity index (χ3n) is 5.61. The Morgan fingerprint density at radius 1 is 1.17 bits per heavy atom. The molecule has 1 aliphatic heterocycles. The molecule has 0 aromatic heterocycles. The minimum Gasteiger partial charge on any atom is -0.371 e. The Labute approximate surface area is 171 Å². The first-order valence-corrected chi connectivity index (χ1v) is 10.1. The third-order valence-corrected chi connectivity index (χ3v) is 5.61. The van der Waals surface area contributed by atoms with Crippen LogP contribution in [0.15, 0.2) is 54.6 Å². The zero-order valence-corrected chi connectivity index (χ0v) is 16.8. The van der Waals surface area contributed by atoms with E-state index in [-0.39, 0.29) is 18.3 Å². The Balaban J connectivity index is 1.49. The van der Waals surface area contributed by atoms with Crippen LogP contribution in [-0.4, -0.2) is 60.0 Å². The maximum Gasteiger partial charge on any atom is 0.275 e. The predicted molar refractivity (Wildman–Crippen MR) is 109 cm³/mol. The Bertz CT molecular complexity index is 779. The van der Waals surface area contributed by atoms with Crippen LogP contribution in [-0.2, 0) is 22.4 Å². The number of rotatable bonds is 8. The summed E-state index contributed by atoms with van der Waals surface area (Å²) in [7, 11) is 1.41. The molecule has 1 N–H and O–H groups in total. The summed E-state index contributed by atoms with van der Waals surface area (Å²) in [5.41, 5.74) is 1.71. The maximum atomic E-state index is 13.9. The van der Waals surface area contributed by atoms with Crippen molar-refractivity contribution in [3.63, 3.8) is 0 Å². The number of carbonyl (C=O) groups excluding carboxylic acids is 1. The molecule has 0 aliphatic carbocycles. The van der Waals surface area contributed by atoms with Gasteiger partial charge < -0.3 is 9.64 Å². The summed E-state index contributed by atoms with van der Waals surface area (Å²) in [6, 6.07) is 16.4. The van der Waals surface area contributed by atoms with E-state index in [0.717, 1.165) is 31.1 Å². The summed E-state index contributed by atoms with van der Waals surface area (Å²) in [5.74, 6) is -0.892. The molecule has 2 aromatic carbocycles. The van der Waals surface area contributed by atoms with Gasteiger partial charge in [0, 0.05) is 33.2 Å². The second kappa shape index (κ2) is 10.5. The Morgan fingerprint density at radius 2 is 1.83 bits per heavy atom. The van der Waals surface area contributed by atoms with E-state index in [1.54, 1.807) is 18.2 Å². The van der Waals surface area contributed by atoms with Gasteiger partial charge in [-0.05, 0) is 36.5 Å². The summed E-state index contributed by atoms with van der Waals surface area (Å²) in [4.78, 5) is 15.1. The highest BCUT2D eigenvalue weighted by Gasteiger charge is 2.31. The average molecular weight is 400 g/mol. The van der Waals surface area contributed by atoms with Crippen LogP contribution in [0.2, 0.25) is 0 Å². The molecule has 0 saturated carbocycles. The van der Waals surface area contributed by atoms with Gasteiger partial charge in [-0.1, -0.05) is 48.5 Å². The number of hydroxylamine groups is 2. The lowest BCUT2D eigenvalue weighted by Crippen LogP contribution is -2.49. The molecule has 1 atom stereocenters. The van der Waals surface area contributed by atoms with Crippen LogP contribution in [0.4, 0.5) is 4.39 Å². The van der Waals surface area contributed by atoms with Gasteiger partial charge >= 0.3 is 0 Å². The fourth-order valence-electron chi connectivity index (χ4n) is 3.78. The van der Waals surface area contributed by atoms with Crippen molar-refractivity contribution < 1.29 is 19.1 Å². The molecule has 156 valence electrons. The van der Waals surface area contributed by atoms with E-state index >= 15 is 0 Å². The normalized spacial score (nSPS) is 16.5. The van der Waals surface area contributed by atoms with Crippen LogP contribution >= 0.6 is 0 Å². The van der Waals surface area contributed by atoms with Crippen molar-refractivity contribution in [3.05, 3.63) is 71.5 Å². The summed E-state index contributed by atoms with van der Waals surface area (Å²) in [6.45, 7) is 2.61. The second-order valence-corrected chi connectivity index (χ2v) is 7.51. The quantitative estimate of drug-likeness (QED) is 0.546. The highest BCUT2D eigenvalue weighted by molar-refractivity contribution is 5.80. The molecule has 29 heavy (non-hydrogen) atoms. The smallest absolute Gasteiger partial charge is 0.275 e. The number of amides is 1. The number of ether oxygens (including phenoxy) is 1. The van der Waals surface area contributed by atoms with E-state index in [1.807, 2.05) is 18.2 Å². The van der Waals surface area contributed by atoms with Gasteiger partial charge in [0.2, 0.25) is 0 Å². The van der Waals surface area contributed by atoms with Crippen LogP contribution < -0.4 is 0 Å². The monoisotopic (exact) mass is 400 g/mol. The number of likely N-dealkylation sites (tertiary alicyclic amines) is 1. The summed E-state index contributed by atoms with van der Waals surface area (Å²) in [5, 5.41) is 11.3. The number of halogens is 1. The lowest BCUT2D eigenvalue weighted by molar-refractivity contribution is -0.190. The van der Waals surface area contributed by atoms with Crippen molar-refractivity contribution in [2.75, 3.05) is 26.7 Å². The molecule has 3 rings (SSSR count). The molecule has 1 heterocycles. The van der Waals surface area contributed by atoms with Crippen LogP contribution in [0.25, 0.3) is 0 Å². The van der Waals surface area contributed by atoms with Crippen molar-refractivity contribution in [3.8, 4) is 0 Å². The van der Waals surface area contributed by atoms with Crippen molar-refractivity contribution in [1.29, 1.82) is 0 Å². The first-order chi connectivity index (χ1) is 14.1. The topological polar surface area (TPSA) is 53.0 Å². The molecule has 0 radical (unpaired) electrons. The van der Waals surface area contributed by atoms with Gasteiger partial charge in [0.05, 0.1) is 6.04 Å². The van der Waals surface area contributed by atoms with Crippen LogP contribution in [0.3, 0.4) is 0 Å². The van der Waals surface area contributed by atoms with Crippen molar-refractivity contribution in [1.82, 2.24) is 9.96 Å². The van der Waals surface area contributed by atoms with Crippen LogP contribution in [0, 0.1) is 5.82 Å². The minimum absolute atomic E-state index is 0.0922. The molecule has 2 aromatic rings. The summed E-state index contributed by atoms with van der Waals surface area (Å²) in [6.07, 6.45) is 1.57. The van der Waals surface area contributed by atoms with Crippen LogP contribution in [0.5, 0.6) is 0 Å². The van der Waals surface area contributed by atoms with Gasteiger partial charge in [0.15, 0.2) is 0 Å². The molecule has 1 aliphatic rings. The number of hydrogen-bond acceptors (Lipinski definition) is 4. The standard InChI is InChI=1S/C23H29FN2O3/c1-29-22(17-19-9-5-6-10-21(19)24)23(27)26(28)20-12-15-25(16-13-20)14-11-18-7-3-2-4-8-18/h2-10,20,22,28H,11-17H2,1H3. The molecule has 5 nitrogen and oxygen atoms in total. The van der Waals surface area contributed by atoms with E-state index in [9.17, 15) is 14.4 Å². The second-order valence-electron chi connectivity index (χ2n) is 7.51. The molecule has 0 spiro atoms. The summed E-state index contributed by atoms with van der Waals surface area (Å²) >= 11 is 0. The fourth-order valence-corrected chi connectivity index (χ4v) is 3.78. The third kappa shape index (κ3) is 5.85. The van der Waals surface area contributed by atoms with Crippen molar-refractivity contribution in [2.24, 2.45) is 0 Å². The number of piperidine rings is 1. The molecule has 1 amide bonds. The number of nitrogens with zero attached hydrogens (tertiary/aromatic N) is 2. The Kier molecular flexibility index (Phi) is 7.75. The highest BCUT2D eigenvalue weighted by Crippen LogP contribution is 2.19. The average Bonchev–Trinajstić information content (AvgIpc) is 2.77. The number of methoxy groups -OCH3 is 1. The van der Waals surface area contributed by atoms with Gasteiger partial charge in [-0.15, -0.1) is 0 Å². The molecule has 6 heteroatoms. The van der Waals surface area contributed by atoms with Gasteiger partial charge in [0.25, 0.3) is 5.91 Å².